The number of nitriles is 1. The molecule has 0 amide bonds. The van der Waals surface area contributed by atoms with Crippen LogP contribution in [0.1, 0.15) is 24.0 Å². The van der Waals surface area contributed by atoms with Crippen LogP contribution in [-0.4, -0.2) is 43.0 Å². The highest BCUT2D eigenvalue weighted by Crippen LogP contribution is 2.18. The summed E-state index contributed by atoms with van der Waals surface area (Å²) < 4.78 is 13.8. The topological polar surface area (TPSA) is 30.3 Å². The number of likely N-dealkylation sites (tertiary alicyclic amines) is 1. The molecule has 1 fully saturated rings. The minimum atomic E-state index is -0.223. The molecule has 0 unspecified atom stereocenters. The van der Waals surface area contributed by atoms with Gasteiger partial charge in [-0.3, -0.25) is 4.90 Å². The summed E-state index contributed by atoms with van der Waals surface area (Å²) in [5.41, 5.74) is 1.13. The van der Waals surface area contributed by atoms with E-state index in [1.807, 2.05) is 7.05 Å². The first kappa shape index (κ1) is 14.0. The van der Waals surface area contributed by atoms with Gasteiger partial charge in [-0.25, -0.2) is 4.39 Å². The molecule has 19 heavy (non-hydrogen) atoms. The lowest BCUT2D eigenvalue weighted by molar-refractivity contribution is 0.138. The maximum atomic E-state index is 13.8. The van der Waals surface area contributed by atoms with Crippen LogP contribution < -0.4 is 0 Å². The molecule has 0 saturated carbocycles. The summed E-state index contributed by atoms with van der Waals surface area (Å²) in [5, 5.41) is 8.87. The Kier molecular flexibility index (Phi) is 4.52. The Morgan fingerprint density at radius 3 is 2.74 bits per heavy atom. The highest BCUT2D eigenvalue weighted by Gasteiger charge is 2.21. The molecule has 0 aliphatic carbocycles. The number of nitrogens with zero attached hydrogens (tertiary/aromatic N) is 3. The fourth-order valence-corrected chi connectivity index (χ4v) is 2.60. The summed E-state index contributed by atoms with van der Waals surface area (Å²) in [6, 6.07) is 7.12. The lowest BCUT2D eigenvalue weighted by atomic mass is 10.0. The summed E-state index contributed by atoms with van der Waals surface area (Å²) in [7, 11) is 4.17. The molecule has 2 rings (SSSR count). The first-order chi connectivity index (χ1) is 9.10. The smallest absolute Gasteiger partial charge is 0.127 e. The molecule has 1 aliphatic rings. The zero-order chi connectivity index (χ0) is 13.8. The van der Waals surface area contributed by atoms with Crippen LogP contribution in [0.25, 0.3) is 0 Å². The average molecular weight is 261 g/mol. The largest absolute Gasteiger partial charge is 0.306 e. The number of piperidine rings is 1. The second kappa shape index (κ2) is 6.14. The van der Waals surface area contributed by atoms with Gasteiger partial charge in [0, 0.05) is 18.2 Å². The standard InChI is InChI=1S/C15H20FN3/c1-18-7-5-14(6-8-18)19(2)11-13-9-12(10-17)3-4-15(13)16/h3-4,9,14H,5-8,11H2,1-2H3. The Balaban J connectivity index is 2.02. The molecule has 1 aliphatic heterocycles. The molecule has 1 aromatic carbocycles. The minimum Gasteiger partial charge on any atom is -0.306 e. The van der Waals surface area contributed by atoms with Gasteiger partial charge < -0.3 is 4.90 Å². The highest BCUT2D eigenvalue weighted by atomic mass is 19.1. The third-order valence-electron chi connectivity index (χ3n) is 3.91. The molecule has 0 spiro atoms. The van der Waals surface area contributed by atoms with Crippen LogP contribution >= 0.6 is 0 Å². The molecule has 102 valence electrons. The van der Waals surface area contributed by atoms with Crippen molar-refractivity contribution in [3.05, 3.63) is 35.1 Å². The monoisotopic (exact) mass is 261 g/mol. The Bertz CT molecular complexity index is 473. The van der Waals surface area contributed by atoms with E-state index in [9.17, 15) is 4.39 Å². The zero-order valence-corrected chi connectivity index (χ0v) is 11.6. The molecular formula is C15H20FN3. The van der Waals surface area contributed by atoms with E-state index in [1.165, 1.54) is 12.1 Å². The van der Waals surface area contributed by atoms with Crippen molar-refractivity contribution in [2.45, 2.75) is 25.4 Å². The van der Waals surface area contributed by atoms with Crippen LogP contribution in [0.2, 0.25) is 0 Å². The molecule has 0 N–H and O–H groups in total. The van der Waals surface area contributed by atoms with Crippen LogP contribution in [0.3, 0.4) is 0 Å². The molecule has 0 atom stereocenters. The van der Waals surface area contributed by atoms with Crippen molar-refractivity contribution in [1.29, 1.82) is 5.26 Å². The van der Waals surface area contributed by atoms with E-state index in [0.717, 1.165) is 25.9 Å². The second-order valence-electron chi connectivity index (χ2n) is 5.37. The van der Waals surface area contributed by atoms with Crippen molar-refractivity contribution >= 4 is 0 Å². The summed E-state index contributed by atoms with van der Waals surface area (Å²) in [6.07, 6.45) is 2.24. The van der Waals surface area contributed by atoms with Crippen LogP contribution in [-0.2, 0) is 6.54 Å². The Labute approximate surface area is 114 Å². The maximum Gasteiger partial charge on any atom is 0.127 e. The second-order valence-corrected chi connectivity index (χ2v) is 5.37. The van der Waals surface area contributed by atoms with Crippen LogP contribution in [0.5, 0.6) is 0 Å². The predicted octanol–water partition coefficient (Wildman–Crippen LogP) is 2.22. The zero-order valence-electron chi connectivity index (χ0n) is 11.6. The van der Waals surface area contributed by atoms with Gasteiger partial charge in [-0.2, -0.15) is 5.26 Å². The van der Waals surface area contributed by atoms with Gasteiger partial charge in [0.05, 0.1) is 11.6 Å². The van der Waals surface area contributed by atoms with Crippen LogP contribution in [0, 0.1) is 17.1 Å². The van der Waals surface area contributed by atoms with E-state index >= 15 is 0 Å². The van der Waals surface area contributed by atoms with Gasteiger partial charge in [-0.05, 0) is 58.2 Å². The number of rotatable bonds is 3. The number of halogens is 1. The van der Waals surface area contributed by atoms with E-state index in [1.54, 1.807) is 6.07 Å². The number of hydrogen-bond acceptors (Lipinski definition) is 3. The summed E-state index contributed by atoms with van der Waals surface area (Å²) in [6.45, 7) is 2.75. The Morgan fingerprint density at radius 2 is 2.11 bits per heavy atom. The molecule has 1 heterocycles. The van der Waals surface area contributed by atoms with Gasteiger partial charge in [0.1, 0.15) is 5.82 Å². The summed E-state index contributed by atoms with van der Waals surface area (Å²) in [4.78, 5) is 4.52. The molecule has 1 aromatic rings. The van der Waals surface area contributed by atoms with Gasteiger partial charge in [0.25, 0.3) is 0 Å². The third-order valence-corrected chi connectivity index (χ3v) is 3.91. The van der Waals surface area contributed by atoms with Gasteiger partial charge >= 0.3 is 0 Å². The average Bonchev–Trinajstić information content (AvgIpc) is 2.42. The summed E-state index contributed by atoms with van der Waals surface area (Å²) >= 11 is 0. The third kappa shape index (κ3) is 3.52. The SMILES string of the molecule is CN1CCC(N(C)Cc2cc(C#N)ccc2F)CC1. The van der Waals surface area contributed by atoms with Crippen molar-refractivity contribution in [1.82, 2.24) is 9.80 Å². The first-order valence-electron chi connectivity index (χ1n) is 6.67. The van der Waals surface area contributed by atoms with Crippen molar-refractivity contribution in [3.63, 3.8) is 0 Å². The fourth-order valence-electron chi connectivity index (χ4n) is 2.60. The van der Waals surface area contributed by atoms with Gasteiger partial charge in [0.15, 0.2) is 0 Å². The lowest BCUT2D eigenvalue weighted by Gasteiger charge is -2.35. The Hall–Kier alpha value is -1.44. The Morgan fingerprint density at radius 1 is 1.42 bits per heavy atom. The lowest BCUT2D eigenvalue weighted by Crippen LogP contribution is -2.41. The number of hydrogen-bond donors (Lipinski definition) is 0. The van der Waals surface area contributed by atoms with Crippen molar-refractivity contribution in [2.24, 2.45) is 0 Å². The van der Waals surface area contributed by atoms with Crippen molar-refractivity contribution in [2.75, 3.05) is 27.2 Å². The van der Waals surface area contributed by atoms with Gasteiger partial charge in [-0.1, -0.05) is 0 Å². The van der Waals surface area contributed by atoms with Gasteiger partial charge in [-0.15, -0.1) is 0 Å². The summed E-state index contributed by atoms with van der Waals surface area (Å²) in [5.74, 6) is -0.223. The maximum absolute atomic E-state index is 13.8. The quantitative estimate of drug-likeness (QED) is 0.836. The molecule has 0 aromatic heterocycles. The minimum absolute atomic E-state index is 0.223. The number of benzene rings is 1. The highest BCUT2D eigenvalue weighted by molar-refractivity contribution is 5.33. The predicted molar refractivity (Wildman–Crippen MR) is 73.1 cm³/mol. The fraction of sp³-hybridized carbons (Fsp3) is 0.533. The van der Waals surface area contributed by atoms with Crippen molar-refractivity contribution in [3.8, 4) is 6.07 Å². The van der Waals surface area contributed by atoms with E-state index in [4.69, 9.17) is 5.26 Å². The van der Waals surface area contributed by atoms with E-state index < -0.39 is 0 Å². The molecule has 3 nitrogen and oxygen atoms in total. The first-order valence-corrected chi connectivity index (χ1v) is 6.67. The molecular weight excluding hydrogens is 241 g/mol. The van der Waals surface area contributed by atoms with Crippen LogP contribution in [0.15, 0.2) is 18.2 Å². The van der Waals surface area contributed by atoms with Crippen LogP contribution in [0.4, 0.5) is 4.39 Å². The van der Waals surface area contributed by atoms with Gasteiger partial charge in [0.2, 0.25) is 0 Å². The molecule has 4 heteroatoms. The molecule has 0 bridgehead atoms. The molecule has 1 saturated heterocycles. The van der Waals surface area contributed by atoms with E-state index in [-0.39, 0.29) is 5.82 Å². The van der Waals surface area contributed by atoms with E-state index in [2.05, 4.69) is 22.9 Å². The van der Waals surface area contributed by atoms with Crippen molar-refractivity contribution < 1.29 is 4.39 Å². The van der Waals surface area contributed by atoms with E-state index in [0.29, 0.717) is 23.7 Å². The normalized spacial score (nSPS) is 17.6. The molecule has 0 radical (unpaired) electrons.